The number of hydrogen-bond donors (Lipinski definition) is 1. The molecule has 0 bridgehead atoms. The fourth-order valence-electron chi connectivity index (χ4n) is 6.38. The van der Waals surface area contributed by atoms with E-state index >= 15 is 0 Å². The highest BCUT2D eigenvalue weighted by Gasteiger charge is 2.35. The first-order valence-electron chi connectivity index (χ1n) is 16.5. The summed E-state index contributed by atoms with van der Waals surface area (Å²) in [5, 5.41) is 9.68. The lowest BCUT2D eigenvalue weighted by Gasteiger charge is -2.32. The van der Waals surface area contributed by atoms with Crippen molar-refractivity contribution < 1.29 is 32.5 Å². The largest absolute Gasteiger partial charge is 0.497 e. The molecule has 2 atom stereocenters. The molecule has 260 valence electrons. The molecule has 12 nitrogen and oxygen atoms in total. The number of methoxy groups -OCH3 is 1. The van der Waals surface area contributed by atoms with E-state index in [1.807, 2.05) is 53.9 Å². The Bertz CT molecular complexity index is 1730. The van der Waals surface area contributed by atoms with Gasteiger partial charge in [0.1, 0.15) is 5.75 Å². The van der Waals surface area contributed by atoms with Crippen LogP contribution in [0.15, 0.2) is 76.1 Å². The molecule has 1 fully saturated rings. The Balaban J connectivity index is 1.40. The van der Waals surface area contributed by atoms with Crippen LogP contribution in [0.3, 0.4) is 0 Å². The Morgan fingerprint density at radius 1 is 1.00 bits per heavy atom. The van der Waals surface area contributed by atoms with E-state index in [0.717, 1.165) is 47.8 Å². The van der Waals surface area contributed by atoms with E-state index in [2.05, 4.69) is 0 Å². The predicted octanol–water partition coefficient (Wildman–Crippen LogP) is 3.70. The number of allylic oxidation sites excluding steroid dienone is 1. The number of para-hydroxylation sites is 1. The van der Waals surface area contributed by atoms with Crippen LogP contribution in [-0.2, 0) is 31.3 Å². The number of nitrogens with zero attached hydrogens (tertiary/aromatic N) is 4. The van der Waals surface area contributed by atoms with Crippen LogP contribution in [0.1, 0.15) is 55.7 Å². The number of aromatic nitrogens is 2. The Morgan fingerprint density at radius 2 is 1.67 bits per heavy atom. The summed E-state index contributed by atoms with van der Waals surface area (Å²) in [7, 11) is -0.625. The first-order chi connectivity index (χ1) is 23.1. The van der Waals surface area contributed by atoms with Crippen LogP contribution in [0.5, 0.6) is 5.75 Å². The minimum atomic E-state index is -3.95. The van der Waals surface area contributed by atoms with Crippen molar-refractivity contribution in [3.05, 3.63) is 88.0 Å². The van der Waals surface area contributed by atoms with Gasteiger partial charge in [0.05, 0.1) is 30.9 Å². The first-order valence-corrected chi connectivity index (χ1v) is 18.0. The number of carbonyl (C=O) groups excluding carboxylic acids is 1. The van der Waals surface area contributed by atoms with Gasteiger partial charge in [-0.05, 0) is 62.2 Å². The van der Waals surface area contributed by atoms with Crippen LogP contribution in [0.25, 0.3) is 5.69 Å². The maximum absolute atomic E-state index is 14.0. The summed E-state index contributed by atoms with van der Waals surface area (Å²) in [4.78, 5) is 29.7. The van der Waals surface area contributed by atoms with Gasteiger partial charge >= 0.3 is 0 Å². The van der Waals surface area contributed by atoms with E-state index in [9.17, 15) is 23.1 Å². The van der Waals surface area contributed by atoms with E-state index < -0.39 is 22.2 Å². The average molecular weight is 683 g/mol. The fraction of sp³-hybridized carbons (Fsp3) is 0.486. The summed E-state index contributed by atoms with van der Waals surface area (Å²) >= 11 is 0. The van der Waals surface area contributed by atoms with Crippen LogP contribution in [-0.4, -0.2) is 90.8 Å². The second-order valence-electron chi connectivity index (χ2n) is 12.1. The standard InChI is InChI=1S/C35H46N4O8S/c1-26-33(35(42)39(36(26)2)28-12-8-7-9-13-28)27-24-31(34(41)37-18-10-5-4-6-11-19-37)47-32(25-27)46-23-21-38(20-22-40)48(43,44)30-16-14-29(45-3)15-17-30/h7-9,12-17,24,27,32,40H,4-6,10-11,18-23,25H2,1-3H3. The Labute approximate surface area is 282 Å². The summed E-state index contributed by atoms with van der Waals surface area (Å²) < 4.78 is 48.9. The third-order valence-corrected chi connectivity index (χ3v) is 11.0. The van der Waals surface area contributed by atoms with Gasteiger partial charge in [0.25, 0.3) is 11.5 Å². The molecule has 1 aromatic heterocycles. The number of amides is 1. The van der Waals surface area contributed by atoms with E-state index in [1.54, 1.807) is 22.9 Å². The lowest BCUT2D eigenvalue weighted by molar-refractivity contribution is -0.153. The predicted molar refractivity (Wildman–Crippen MR) is 181 cm³/mol. The zero-order chi connectivity index (χ0) is 34.3. The average Bonchev–Trinajstić information content (AvgIpc) is 3.30. The molecule has 0 spiro atoms. The summed E-state index contributed by atoms with van der Waals surface area (Å²) in [5.74, 6) is -0.0778. The SMILES string of the molecule is COc1ccc(S(=O)(=O)N(CCO)CCOC2CC(c3c(C)n(C)n(-c4ccccc4)c3=O)C=C(C(=O)N3CCCCCCC3)O2)cc1. The molecule has 1 amide bonds. The van der Waals surface area contributed by atoms with Crippen LogP contribution in [0, 0.1) is 6.92 Å². The Hall–Kier alpha value is -3.91. The molecule has 48 heavy (non-hydrogen) atoms. The quantitative estimate of drug-likeness (QED) is 0.306. The van der Waals surface area contributed by atoms with Crippen molar-refractivity contribution in [1.82, 2.24) is 18.6 Å². The van der Waals surface area contributed by atoms with E-state index in [1.165, 1.54) is 19.2 Å². The van der Waals surface area contributed by atoms with Crippen LogP contribution in [0.2, 0.25) is 0 Å². The summed E-state index contributed by atoms with van der Waals surface area (Å²) in [6, 6.07) is 15.4. The van der Waals surface area contributed by atoms with Crippen molar-refractivity contribution in [1.29, 1.82) is 0 Å². The van der Waals surface area contributed by atoms with Gasteiger partial charge in [-0.3, -0.25) is 14.3 Å². The highest BCUT2D eigenvalue weighted by molar-refractivity contribution is 7.89. The third kappa shape index (κ3) is 7.86. The minimum absolute atomic E-state index is 0.0593. The molecule has 1 N–H and O–H groups in total. The van der Waals surface area contributed by atoms with Gasteiger partial charge < -0.3 is 24.2 Å². The molecule has 2 aliphatic heterocycles. The van der Waals surface area contributed by atoms with Crippen LogP contribution >= 0.6 is 0 Å². The number of benzene rings is 2. The zero-order valence-electron chi connectivity index (χ0n) is 27.9. The van der Waals surface area contributed by atoms with Gasteiger partial charge in [-0.25, -0.2) is 13.1 Å². The third-order valence-electron chi connectivity index (χ3n) is 9.07. The van der Waals surface area contributed by atoms with Gasteiger partial charge in [0.15, 0.2) is 5.76 Å². The van der Waals surface area contributed by atoms with Crippen molar-refractivity contribution in [2.75, 3.05) is 46.5 Å². The van der Waals surface area contributed by atoms with Crippen molar-refractivity contribution in [2.24, 2.45) is 7.05 Å². The molecule has 0 radical (unpaired) electrons. The second kappa shape index (κ2) is 16.0. The van der Waals surface area contributed by atoms with Gasteiger partial charge in [-0.1, -0.05) is 37.5 Å². The lowest BCUT2D eigenvalue weighted by Crippen LogP contribution is -2.40. The van der Waals surface area contributed by atoms with Crippen molar-refractivity contribution >= 4 is 15.9 Å². The second-order valence-corrected chi connectivity index (χ2v) is 14.1. The smallest absolute Gasteiger partial charge is 0.288 e. The summed E-state index contributed by atoms with van der Waals surface area (Å²) in [5.41, 5.74) is 1.83. The highest BCUT2D eigenvalue weighted by atomic mass is 32.2. The molecular weight excluding hydrogens is 636 g/mol. The van der Waals surface area contributed by atoms with Gasteiger partial charge in [-0.15, -0.1) is 0 Å². The number of carbonyl (C=O) groups is 1. The van der Waals surface area contributed by atoms with E-state index in [4.69, 9.17) is 14.2 Å². The molecular formula is C35H46N4O8S. The van der Waals surface area contributed by atoms with E-state index in [0.29, 0.717) is 24.4 Å². The molecule has 13 heteroatoms. The fourth-order valence-corrected chi connectivity index (χ4v) is 7.80. The summed E-state index contributed by atoms with van der Waals surface area (Å²) in [6.45, 7) is 2.48. The number of likely N-dealkylation sites (tertiary alicyclic amines) is 1. The topological polar surface area (TPSA) is 133 Å². The van der Waals surface area contributed by atoms with Crippen molar-refractivity contribution in [3.63, 3.8) is 0 Å². The number of rotatable bonds is 12. The monoisotopic (exact) mass is 682 g/mol. The molecule has 2 unspecified atom stereocenters. The van der Waals surface area contributed by atoms with Crippen molar-refractivity contribution in [2.45, 2.75) is 62.6 Å². The number of sulfonamides is 1. The first kappa shape index (κ1) is 35.4. The molecule has 1 saturated heterocycles. The molecule has 3 aromatic rings. The molecule has 0 aliphatic carbocycles. The normalized spacial score (nSPS) is 18.9. The lowest BCUT2D eigenvalue weighted by atomic mass is 9.93. The minimum Gasteiger partial charge on any atom is -0.497 e. The van der Waals surface area contributed by atoms with Crippen molar-refractivity contribution in [3.8, 4) is 11.4 Å². The number of aliphatic hydroxyl groups excluding tert-OH is 1. The molecule has 0 saturated carbocycles. The summed E-state index contributed by atoms with van der Waals surface area (Å²) in [6.07, 6.45) is 6.16. The van der Waals surface area contributed by atoms with E-state index in [-0.39, 0.29) is 54.8 Å². The van der Waals surface area contributed by atoms with Crippen LogP contribution < -0.4 is 10.3 Å². The number of aliphatic hydroxyl groups is 1. The maximum Gasteiger partial charge on any atom is 0.288 e. The Kier molecular flexibility index (Phi) is 11.8. The van der Waals surface area contributed by atoms with Gasteiger partial charge in [-0.2, -0.15) is 4.31 Å². The van der Waals surface area contributed by atoms with Gasteiger partial charge in [0.2, 0.25) is 16.3 Å². The Morgan fingerprint density at radius 3 is 2.31 bits per heavy atom. The molecule has 3 heterocycles. The van der Waals surface area contributed by atoms with Crippen LogP contribution in [0.4, 0.5) is 0 Å². The van der Waals surface area contributed by atoms with Gasteiger partial charge in [0, 0.05) is 56.8 Å². The number of hydrogen-bond acceptors (Lipinski definition) is 8. The zero-order valence-corrected chi connectivity index (χ0v) is 28.7. The molecule has 5 rings (SSSR count). The molecule has 2 aliphatic rings. The number of ether oxygens (including phenoxy) is 3. The highest BCUT2D eigenvalue weighted by Crippen LogP contribution is 2.33. The molecule has 2 aromatic carbocycles. The maximum atomic E-state index is 14.0.